The highest BCUT2D eigenvalue weighted by Gasteiger charge is 2.02. The van der Waals surface area contributed by atoms with Crippen molar-refractivity contribution in [3.63, 3.8) is 0 Å². The molecule has 50 valence electrons. The number of thioether (sulfide) groups is 1. The minimum atomic E-state index is -0.0787. The number of thiophene rings is 1. The van der Waals surface area contributed by atoms with Crippen molar-refractivity contribution in [1.82, 2.24) is 0 Å². The first-order valence-electron chi connectivity index (χ1n) is 2.54. The van der Waals surface area contributed by atoms with E-state index in [0.29, 0.717) is 0 Å². The van der Waals surface area contributed by atoms with Crippen LogP contribution in [-0.4, -0.2) is 6.26 Å². The third-order valence-electron chi connectivity index (χ3n) is 0.964. The molecule has 0 fully saturated rings. The molecule has 0 N–H and O–H groups in total. The molecule has 0 aliphatic heterocycles. The Morgan fingerprint density at radius 3 is 2.56 bits per heavy atom. The van der Waals surface area contributed by atoms with Crippen LogP contribution in [-0.2, 0) is 0 Å². The number of hydrogen-bond acceptors (Lipinski definition) is 2. The van der Waals surface area contributed by atoms with E-state index < -0.39 is 0 Å². The van der Waals surface area contributed by atoms with Gasteiger partial charge < -0.3 is 0 Å². The van der Waals surface area contributed by atoms with Gasteiger partial charge in [-0.2, -0.15) is 0 Å². The van der Waals surface area contributed by atoms with Crippen molar-refractivity contribution in [2.45, 2.75) is 11.1 Å². The Morgan fingerprint density at radius 1 is 1.67 bits per heavy atom. The van der Waals surface area contributed by atoms with Crippen molar-refractivity contribution in [1.29, 1.82) is 0 Å². The predicted octanol–water partition coefficient (Wildman–Crippen LogP) is 2.92. The summed E-state index contributed by atoms with van der Waals surface area (Å²) in [6.45, 7) is 1.91. The molecular formula is C6H7FS2. The second kappa shape index (κ2) is 2.71. The number of hydrogen-bond donors (Lipinski definition) is 0. The molecule has 1 heterocycles. The zero-order chi connectivity index (χ0) is 6.85. The first-order chi connectivity index (χ1) is 4.24. The van der Waals surface area contributed by atoms with E-state index in [2.05, 4.69) is 0 Å². The summed E-state index contributed by atoms with van der Waals surface area (Å²) in [7, 11) is 0. The van der Waals surface area contributed by atoms with Gasteiger partial charge in [-0.3, -0.25) is 0 Å². The van der Waals surface area contributed by atoms with Gasteiger partial charge in [-0.05, 0) is 19.2 Å². The van der Waals surface area contributed by atoms with Crippen molar-refractivity contribution in [2.75, 3.05) is 6.26 Å². The van der Waals surface area contributed by atoms with Crippen LogP contribution in [0.5, 0.6) is 0 Å². The normalized spacial score (nSPS) is 10.1. The molecule has 0 aliphatic carbocycles. The van der Waals surface area contributed by atoms with Gasteiger partial charge in [-0.25, -0.2) is 4.39 Å². The van der Waals surface area contributed by atoms with E-state index in [1.54, 1.807) is 6.07 Å². The van der Waals surface area contributed by atoms with Gasteiger partial charge in [0.05, 0.1) is 4.21 Å². The van der Waals surface area contributed by atoms with E-state index in [4.69, 9.17) is 0 Å². The van der Waals surface area contributed by atoms with Gasteiger partial charge in [0.25, 0.3) is 0 Å². The number of aryl methyl sites for hydroxylation is 1. The van der Waals surface area contributed by atoms with Crippen molar-refractivity contribution in [3.05, 3.63) is 16.8 Å². The van der Waals surface area contributed by atoms with E-state index in [1.807, 2.05) is 13.2 Å². The first-order valence-corrected chi connectivity index (χ1v) is 4.58. The summed E-state index contributed by atoms with van der Waals surface area (Å²) in [5, 5.41) is 0. The minimum Gasteiger partial charge on any atom is -0.205 e. The minimum absolute atomic E-state index is 0.0787. The molecule has 3 heteroatoms. The van der Waals surface area contributed by atoms with Gasteiger partial charge in [-0.1, -0.05) is 0 Å². The summed E-state index contributed by atoms with van der Waals surface area (Å²) >= 11 is 2.96. The average molecular weight is 162 g/mol. The van der Waals surface area contributed by atoms with Crippen LogP contribution in [0.1, 0.15) is 4.88 Å². The van der Waals surface area contributed by atoms with E-state index in [9.17, 15) is 4.39 Å². The highest BCUT2D eigenvalue weighted by atomic mass is 32.2. The highest BCUT2D eigenvalue weighted by Crippen LogP contribution is 2.28. The van der Waals surface area contributed by atoms with Gasteiger partial charge in [-0.15, -0.1) is 23.1 Å². The Balaban J connectivity index is 3.01. The van der Waals surface area contributed by atoms with Gasteiger partial charge in [0.2, 0.25) is 0 Å². The molecule has 0 spiro atoms. The quantitative estimate of drug-likeness (QED) is 0.572. The summed E-state index contributed by atoms with van der Waals surface area (Å²) in [5.41, 5.74) is 0. The lowest BCUT2D eigenvalue weighted by atomic mass is 10.5. The van der Waals surface area contributed by atoms with Crippen molar-refractivity contribution in [3.8, 4) is 0 Å². The van der Waals surface area contributed by atoms with Crippen molar-refractivity contribution in [2.24, 2.45) is 0 Å². The number of halogens is 1. The molecule has 0 bridgehead atoms. The highest BCUT2D eigenvalue weighted by molar-refractivity contribution is 8.00. The molecule has 0 atom stereocenters. The second-order valence-corrected chi connectivity index (χ2v) is 4.03. The SMILES string of the molecule is CSc1sc(C)cc1F. The summed E-state index contributed by atoms with van der Waals surface area (Å²) < 4.78 is 13.4. The van der Waals surface area contributed by atoms with E-state index in [1.165, 1.54) is 23.1 Å². The van der Waals surface area contributed by atoms with Crippen LogP contribution in [0.2, 0.25) is 0 Å². The zero-order valence-electron chi connectivity index (χ0n) is 5.27. The van der Waals surface area contributed by atoms with Crippen LogP contribution in [0.4, 0.5) is 4.39 Å². The molecule has 1 aromatic rings. The Hall–Kier alpha value is -0.0200. The fraction of sp³-hybridized carbons (Fsp3) is 0.333. The Labute approximate surface area is 62.1 Å². The van der Waals surface area contributed by atoms with E-state index >= 15 is 0 Å². The smallest absolute Gasteiger partial charge is 0.147 e. The topological polar surface area (TPSA) is 0 Å². The van der Waals surface area contributed by atoms with Crippen molar-refractivity contribution < 1.29 is 4.39 Å². The molecular weight excluding hydrogens is 155 g/mol. The molecule has 0 saturated heterocycles. The fourth-order valence-electron chi connectivity index (χ4n) is 0.601. The number of rotatable bonds is 1. The standard InChI is InChI=1S/C6H7FS2/c1-4-3-5(7)6(8-2)9-4/h3H,1-2H3. The van der Waals surface area contributed by atoms with Crippen molar-refractivity contribution >= 4 is 23.1 Å². The molecule has 0 aromatic carbocycles. The molecule has 0 nitrogen and oxygen atoms in total. The van der Waals surface area contributed by atoms with Crippen LogP contribution in [0, 0.1) is 12.7 Å². The summed E-state index contributed by atoms with van der Waals surface area (Å²) in [5.74, 6) is -0.0787. The lowest BCUT2D eigenvalue weighted by molar-refractivity contribution is 0.612. The molecule has 1 aromatic heterocycles. The zero-order valence-corrected chi connectivity index (χ0v) is 6.90. The molecule has 1 rings (SSSR count). The third kappa shape index (κ3) is 1.46. The Kier molecular flexibility index (Phi) is 2.13. The average Bonchev–Trinajstić information content (AvgIpc) is 2.10. The summed E-state index contributed by atoms with van der Waals surface area (Å²) in [4.78, 5) is 1.04. The van der Waals surface area contributed by atoms with E-state index in [0.717, 1.165) is 9.09 Å². The molecule has 9 heavy (non-hydrogen) atoms. The van der Waals surface area contributed by atoms with Crippen LogP contribution < -0.4 is 0 Å². The lowest BCUT2D eigenvalue weighted by Gasteiger charge is -1.83. The molecule has 0 saturated carbocycles. The Bertz CT molecular complexity index is 205. The van der Waals surface area contributed by atoms with Crippen LogP contribution in [0.3, 0.4) is 0 Å². The van der Waals surface area contributed by atoms with Crippen LogP contribution >= 0.6 is 23.1 Å². The summed E-state index contributed by atoms with van der Waals surface area (Å²) in [6.07, 6.45) is 1.88. The summed E-state index contributed by atoms with van der Waals surface area (Å²) in [6, 6.07) is 1.57. The Morgan fingerprint density at radius 2 is 2.33 bits per heavy atom. The molecule has 0 radical (unpaired) electrons. The predicted molar refractivity (Wildman–Crippen MR) is 40.8 cm³/mol. The van der Waals surface area contributed by atoms with Gasteiger partial charge >= 0.3 is 0 Å². The second-order valence-electron chi connectivity index (χ2n) is 1.70. The maximum atomic E-state index is 12.6. The molecule has 0 unspecified atom stereocenters. The maximum Gasteiger partial charge on any atom is 0.147 e. The maximum absolute atomic E-state index is 12.6. The fourth-order valence-corrected chi connectivity index (χ4v) is 2.19. The first kappa shape index (κ1) is 7.09. The van der Waals surface area contributed by atoms with E-state index in [-0.39, 0.29) is 5.82 Å². The monoisotopic (exact) mass is 162 g/mol. The third-order valence-corrected chi connectivity index (χ3v) is 3.10. The lowest BCUT2D eigenvalue weighted by Crippen LogP contribution is -1.63. The largest absolute Gasteiger partial charge is 0.205 e. The molecule has 0 amide bonds. The van der Waals surface area contributed by atoms with Gasteiger partial charge in [0.1, 0.15) is 5.82 Å². The van der Waals surface area contributed by atoms with Crippen LogP contribution in [0.15, 0.2) is 10.3 Å². The van der Waals surface area contributed by atoms with Gasteiger partial charge in [0.15, 0.2) is 0 Å². The molecule has 0 aliphatic rings. The van der Waals surface area contributed by atoms with Crippen LogP contribution in [0.25, 0.3) is 0 Å². The van der Waals surface area contributed by atoms with Gasteiger partial charge in [0, 0.05) is 4.88 Å².